The summed E-state index contributed by atoms with van der Waals surface area (Å²) in [7, 11) is 1.24. The van der Waals surface area contributed by atoms with Crippen LogP contribution >= 0.6 is 11.8 Å². The first-order valence-electron chi connectivity index (χ1n) is 9.87. The van der Waals surface area contributed by atoms with Crippen LogP contribution in [0, 0.1) is 0 Å². The Balaban J connectivity index is 1.65. The Kier molecular flexibility index (Phi) is 6.65. The molecule has 1 aromatic heterocycles. The first-order chi connectivity index (χ1) is 16.0. The van der Waals surface area contributed by atoms with Gasteiger partial charge in [0.2, 0.25) is 0 Å². The molecule has 1 aliphatic heterocycles. The molecule has 1 fully saturated rings. The molecule has 166 valence electrons. The summed E-state index contributed by atoms with van der Waals surface area (Å²) in [6.45, 7) is 0.236. The highest BCUT2D eigenvalue weighted by Gasteiger charge is 2.34. The number of H-pyrrole nitrogens is 1. The summed E-state index contributed by atoms with van der Waals surface area (Å²) in [5.41, 5.74) is 1.64. The highest BCUT2D eigenvalue weighted by Crippen LogP contribution is 2.34. The first kappa shape index (κ1) is 22.0. The number of amidine groups is 1. The fourth-order valence-electron chi connectivity index (χ4n) is 3.01. The lowest BCUT2D eigenvalue weighted by Crippen LogP contribution is -2.28. The van der Waals surface area contributed by atoms with Gasteiger partial charge >= 0.3 is 5.97 Å². The van der Waals surface area contributed by atoms with Gasteiger partial charge < -0.3 is 15.0 Å². The van der Waals surface area contributed by atoms with Crippen LogP contribution in [0.25, 0.3) is 0 Å². The Labute approximate surface area is 193 Å². The van der Waals surface area contributed by atoms with Crippen molar-refractivity contribution in [2.75, 3.05) is 12.4 Å². The molecular weight excluding hydrogens is 442 g/mol. The standard InChI is InChI=1S/C23H19N5O4S/c1-32-18(29)12-17-22(31)28(13-15-8-4-2-5-9-15)23(33-17)27-20-19(24-14-25-20)21(30)26-16-10-6-3-7-11-16/h2-12,14H,13H2,1H3,(H,24,25)(H,26,30). The van der Waals surface area contributed by atoms with E-state index in [2.05, 4.69) is 25.0 Å². The number of imidazole rings is 1. The molecule has 0 radical (unpaired) electrons. The van der Waals surface area contributed by atoms with E-state index < -0.39 is 11.9 Å². The molecule has 0 saturated carbocycles. The van der Waals surface area contributed by atoms with Gasteiger partial charge in [0.15, 0.2) is 16.7 Å². The van der Waals surface area contributed by atoms with Crippen LogP contribution in [-0.2, 0) is 20.9 Å². The molecule has 9 nitrogen and oxygen atoms in total. The minimum Gasteiger partial charge on any atom is -0.466 e. The van der Waals surface area contributed by atoms with Crippen molar-refractivity contribution in [2.24, 2.45) is 4.99 Å². The maximum absolute atomic E-state index is 13.0. The average molecular weight is 462 g/mol. The van der Waals surface area contributed by atoms with Crippen LogP contribution in [0.3, 0.4) is 0 Å². The molecule has 0 bridgehead atoms. The smallest absolute Gasteiger partial charge is 0.331 e. The molecule has 10 heteroatoms. The maximum atomic E-state index is 13.0. The van der Waals surface area contributed by atoms with Gasteiger partial charge in [0.25, 0.3) is 11.8 Å². The van der Waals surface area contributed by atoms with Gasteiger partial charge in [-0.2, -0.15) is 0 Å². The number of aromatic amines is 1. The topological polar surface area (TPSA) is 117 Å². The summed E-state index contributed by atoms with van der Waals surface area (Å²) in [6.07, 6.45) is 2.48. The number of benzene rings is 2. The van der Waals surface area contributed by atoms with Crippen LogP contribution < -0.4 is 5.32 Å². The zero-order valence-electron chi connectivity index (χ0n) is 17.5. The average Bonchev–Trinajstić information content (AvgIpc) is 3.41. The molecule has 0 aliphatic carbocycles. The third-order valence-corrected chi connectivity index (χ3v) is 5.61. The SMILES string of the molecule is COC(=O)C=C1SC(=Nc2nc[nH]c2C(=O)Nc2ccccc2)N(Cc2ccccc2)C1=O. The molecule has 2 N–H and O–H groups in total. The maximum Gasteiger partial charge on any atom is 0.331 e. The van der Waals surface area contributed by atoms with Crippen molar-refractivity contribution in [1.29, 1.82) is 0 Å². The van der Waals surface area contributed by atoms with Gasteiger partial charge in [-0.3, -0.25) is 14.5 Å². The zero-order valence-corrected chi connectivity index (χ0v) is 18.3. The minimum atomic E-state index is -0.644. The second kappa shape index (κ2) is 9.96. The third-order valence-electron chi connectivity index (χ3n) is 4.60. The number of aliphatic imine (C=N–C) groups is 1. The Morgan fingerprint density at radius 3 is 2.55 bits per heavy atom. The van der Waals surface area contributed by atoms with Crippen LogP contribution in [0.1, 0.15) is 16.1 Å². The number of amides is 2. The second-order valence-electron chi connectivity index (χ2n) is 6.83. The summed E-state index contributed by atoms with van der Waals surface area (Å²) in [5.74, 6) is -1.34. The summed E-state index contributed by atoms with van der Waals surface area (Å²) in [4.78, 5) is 50.5. The number of para-hydroxylation sites is 1. The minimum absolute atomic E-state index is 0.121. The molecule has 3 aromatic rings. The second-order valence-corrected chi connectivity index (χ2v) is 7.84. The number of methoxy groups -OCH3 is 1. The van der Waals surface area contributed by atoms with E-state index >= 15 is 0 Å². The molecule has 1 saturated heterocycles. The molecule has 2 aromatic carbocycles. The molecule has 2 heterocycles. The number of esters is 1. The van der Waals surface area contributed by atoms with Gasteiger partial charge in [-0.1, -0.05) is 48.5 Å². The number of nitrogens with one attached hydrogen (secondary N) is 2. The van der Waals surface area contributed by atoms with E-state index in [0.717, 1.165) is 23.4 Å². The van der Waals surface area contributed by atoms with E-state index in [0.29, 0.717) is 10.9 Å². The molecule has 4 rings (SSSR count). The lowest BCUT2D eigenvalue weighted by Gasteiger charge is -2.15. The number of hydrogen-bond donors (Lipinski definition) is 2. The number of carbonyl (C=O) groups excluding carboxylic acids is 3. The van der Waals surface area contributed by atoms with E-state index in [9.17, 15) is 14.4 Å². The van der Waals surface area contributed by atoms with Gasteiger partial charge in [0.1, 0.15) is 0 Å². The monoisotopic (exact) mass is 461 g/mol. The lowest BCUT2D eigenvalue weighted by molar-refractivity contribution is -0.135. The molecule has 0 spiro atoms. The number of aromatic nitrogens is 2. The molecule has 33 heavy (non-hydrogen) atoms. The Morgan fingerprint density at radius 2 is 1.85 bits per heavy atom. The number of carbonyl (C=O) groups is 3. The summed E-state index contributed by atoms with van der Waals surface area (Å²) in [6, 6.07) is 18.3. The number of anilines is 1. The van der Waals surface area contributed by atoms with E-state index in [1.54, 1.807) is 24.3 Å². The van der Waals surface area contributed by atoms with E-state index in [1.807, 2.05) is 36.4 Å². The predicted octanol–water partition coefficient (Wildman–Crippen LogP) is 3.48. The number of hydrogen-bond acceptors (Lipinski definition) is 7. The van der Waals surface area contributed by atoms with Crippen molar-refractivity contribution in [3.05, 3.63) is 89.2 Å². The number of ether oxygens (including phenoxy) is 1. The van der Waals surface area contributed by atoms with Gasteiger partial charge in [0.05, 0.1) is 24.9 Å². The fourth-order valence-corrected chi connectivity index (χ4v) is 3.95. The zero-order chi connectivity index (χ0) is 23.2. The van der Waals surface area contributed by atoms with Crippen molar-refractivity contribution in [1.82, 2.24) is 14.9 Å². The van der Waals surface area contributed by atoms with Crippen LogP contribution in [0.5, 0.6) is 0 Å². The van der Waals surface area contributed by atoms with Crippen LogP contribution in [0.15, 0.2) is 83.0 Å². The number of nitrogens with zero attached hydrogens (tertiary/aromatic N) is 3. The third kappa shape index (κ3) is 5.18. The Bertz CT molecular complexity index is 1240. The highest BCUT2D eigenvalue weighted by atomic mass is 32.2. The van der Waals surface area contributed by atoms with Crippen molar-refractivity contribution in [2.45, 2.75) is 6.54 Å². The first-order valence-corrected chi connectivity index (χ1v) is 10.7. The summed E-state index contributed by atoms with van der Waals surface area (Å²) < 4.78 is 4.65. The van der Waals surface area contributed by atoms with Crippen molar-refractivity contribution in [3.8, 4) is 0 Å². The van der Waals surface area contributed by atoms with Crippen LogP contribution in [0.4, 0.5) is 11.5 Å². The van der Waals surface area contributed by atoms with Crippen molar-refractivity contribution in [3.63, 3.8) is 0 Å². The van der Waals surface area contributed by atoms with Gasteiger partial charge in [-0.25, -0.2) is 14.8 Å². The van der Waals surface area contributed by atoms with Crippen molar-refractivity contribution < 1.29 is 19.1 Å². The quantitative estimate of drug-likeness (QED) is 0.429. The molecule has 2 amide bonds. The number of thioether (sulfide) groups is 1. The van der Waals surface area contributed by atoms with Gasteiger partial charge in [0, 0.05) is 11.8 Å². The summed E-state index contributed by atoms with van der Waals surface area (Å²) >= 11 is 1.01. The number of rotatable bonds is 6. The molecule has 0 unspecified atom stereocenters. The molecule has 0 atom stereocenters. The van der Waals surface area contributed by atoms with E-state index in [4.69, 9.17) is 0 Å². The van der Waals surface area contributed by atoms with Crippen LogP contribution in [-0.4, -0.2) is 44.9 Å². The largest absolute Gasteiger partial charge is 0.466 e. The van der Waals surface area contributed by atoms with Crippen LogP contribution in [0.2, 0.25) is 0 Å². The predicted molar refractivity (Wildman–Crippen MR) is 125 cm³/mol. The Morgan fingerprint density at radius 1 is 1.15 bits per heavy atom. The van der Waals surface area contributed by atoms with E-state index in [1.165, 1.54) is 18.3 Å². The fraction of sp³-hybridized carbons (Fsp3) is 0.0870. The highest BCUT2D eigenvalue weighted by molar-refractivity contribution is 8.18. The summed E-state index contributed by atoms with van der Waals surface area (Å²) in [5, 5.41) is 3.06. The Hall–Kier alpha value is -4.18. The molecule has 1 aliphatic rings. The van der Waals surface area contributed by atoms with Gasteiger partial charge in [-0.05, 0) is 29.5 Å². The lowest BCUT2D eigenvalue weighted by atomic mass is 10.2. The normalized spacial score (nSPS) is 15.8. The molecular formula is C23H19N5O4S. The van der Waals surface area contributed by atoms with Gasteiger partial charge in [-0.15, -0.1) is 0 Å². The van der Waals surface area contributed by atoms with Crippen molar-refractivity contribution >= 4 is 46.2 Å². The van der Waals surface area contributed by atoms with E-state index in [-0.39, 0.29) is 28.9 Å².